The number of aryl methyl sites for hydroxylation is 1. The van der Waals surface area contributed by atoms with Crippen molar-refractivity contribution >= 4 is 11.6 Å². The van der Waals surface area contributed by atoms with Crippen LogP contribution in [0.1, 0.15) is 12.3 Å². The standard InChI is InChI=1S/C13H15ClN2O3/c1-17-9-5-3-6-10(18-2)12(9)13-16-15-11(19-13)7-4-8-14/h3,5-6H,4,7-8H2,1-2H3. The number of rotatable bonds is 6. The first-order chi connectivity index (χ1) is 9.30. The van der Waals surface area contributed by atoms with Crippen molar-refractivity contribution in [3.05, 3.63) is 24.1 Å². The van der Waals surface area contributed by atoms with Gasteiger partial charge in [0.15, 0.2) is 0 Å². The quantitative estimate of drug-likeness (QED) is 0.763. The minimum absolute atomic E-state index is 0.388. The smallest absolute Gasteiger partial charge is 0.255 e. The highest BCUT2D eigenvalue weighted by atomic mass is 35.5. The van der Waals surface area contributed by atoms with E-state index in [1.807, 2.05) is 18.2 Å². The number of hydrogen-bond acceptors (Lipinski definition) is 5. The summed E-state index contributed by atoms with van der Waals surface area (Å²) in [7, 11) is 3.17. The van der Waals surface area contributed by atoms with Crippen LogP contribution in [0.4, 0.5) is 0 Å². The van der Waals surface area contributed by atoms with Crippen LogP contribution >= 0.6 is 11.6 Å². The second-order valence-corrected chi connectivity index (χ2v) is 4.21. The van der Waals surface area contributed by atoms with Gasteiger partial charge >= 0.3 is 0 Å². The van der Waals surface area contributed by atoms with Gasteiger partial charge in [0, 0.05) is 12.3 Å². The molecular formula is C13H15ClN2O3. The van der Waals surface area contributed by atoms with Crippen molar-refractivity contribution in [1.82, 2.24) is 10.2 Å². The van der Waals surface area contributed by atoms with Crippen molar-refractivity contribution in [3.8, 4) is 23.0 Å². The molecule has 1 aromatic heterocycles. The predicted molar refractivity (Wildman–Crippen MR) is 71.9 cm³/mol. The Labute approximate surface area is 116 Å². The van der Waals surface area contributed by atoms with Crippen LogP contribution in [-0.4, -0.2) is 30.3 Å². The van der Waals surface area contributed by atoms with Gasteiger partial charge in [0.2, 0.25) is 5.89 Å². The molecule has 1 heterocycles. The number of ether oxygens (including phenoxy) is 2. The number of aromatic nitrogens is 2. The lowest BCUT2D eigenvalue weighted by Crippen LogP contribution is -1.93. The van der Waals surface area contributed by atoms with Crippen molar-refractivity contribution in [3.63, 3.8) is 0 Å². The largest absolute Gasteiger partial charge is 0.496 e. The number of nitrogens with zero attached hydrogens (tertiary/aromatic N) is 2. The molecule has 0 N–H and O–H groups in total. The zero-order valence-corrected chi connectivity index (χ0v) is 11.6. The van der Waals surface area contributed by atoms with Gasteiger partial charge in [-0.2, -0.15) is 0 Å². The van der Waals surface area contributed by atoms with E-state index in [0.717, 1.165) is 6.42 Å². The molecule has 5 nitrogen and oxygen atoms in total. The van der Waals surface area contributed by atoms with E-state index in [0.29, 0.717) is 41.1 Å². The maximum atomic E-state index is 5.64. The second-order valence-electron chi connectivity index (χ2n) is 3.83. The van der Waals surface area contributed by atoms with Crippen molar-refractivity contribution in [2.24, 2.45) is 0 Å². The summed E-state index contributed by atoms with van der Waals surface area (Å²) in [6.45, 7) is 0. The number of methoxy groups -OCH3 is 2. The first kappa shape index (κ1) is 13.7. The molecule has 6 heteroatoms. The van der Waals surface area contributed by atoms with Gasteiger partial charge in [-0.1, -0.05) is 6.07 Å². The average molecular weight is 283 g/mol. The van der Waals surface area contributed by atoms with Gasteiger partial charge in [0.25, 0.3) is 5.89 Å². The van der Waals surface area contributed by atoms with Gasteiger partial charge in [0.1, 0.15) is 17.1 Å². The summed E-state index contributed by atoms with van der Waals surface area (Å²) in [6.07, 6.45) is 1.46. The van der Waals surface area contributed by atoms with Crippen LogP contribution in [-0.2, 0) is 6.42 Å². The van der Waals surface area contributed by atoms with E-state index in [1.165, 1.54) is 0 Å². The van der Waals surface area contributed by atoms with Gasteiger partial charge in [-0.05, 0) is 18.6 Å². The summed E-state index contributed by atoms with van der Waals surface area (Å²) < 4.78 is 16.2. The molecule has 0 saturated heterocycles. The fourth-order valence-corrected chi connectivity index (χ4v) is 1.87. The summed E-state index contributed by atoms with van der Waals surface area (Å²) in [5, 5.41) is 8.03. The van der Waals surface area contributed by atoms with Crippen LogP contribution in [0.15, 0.2) is 22.6 Å². The molecule has 1 aromatic carbocycles. The molecule has 2 aromatic rings. The van der Waals surface area contributed by atoms with E-state index in [-0.39, 0.29) is 0 Å². The molecule has 0 fully saturated rings. The minimum Gasteiger partial charge on any atom is -0.496 e. The zero-order chi connectivity index (χ0) is 13.7. The van der Waals surface area contributed by atoms with Crippen molar-refractivity contribution < 1.29 is 13.9 Å². The fraction of sp³-hybridized carbons (Fsp3) is 0.385. The molecule has 0 amide bonds. The maximum Gasteiger partial charge on any atom is 0.255 e. The molecule has 0 aliphatic rings. The van der Waals surface area contributed by atoms with E-state index in [4.69, 9.17) is 25.5 Å². The van der Waals surface area contributed by atoms with Crippen LogP contribution in [0.25, 0.3) is 11.5 Å². The van der Waals surface area contributed by atoms with Crippen LogP contribution in [0.5, 0.6) is 11.5 Å². The third kappa shape index (κ3) is 2.98. The number of alkyl halides is 1. The van der Waals surface area contributed by atoms with Crippen molar-refractivity contribution in [2.45, 2.75) is 12.8 Å². The first-order valence-corrected chi connectivity index (χ1v) is 6.43. The highest BCUT2D eigenvalue weighted by molar-refractivity contribution is 6.17. The van der Waals surface area contributed by atoms with Gasteiger partial charge in [0.05, 0.1) is 14.2 Å². The number of benzene rings is 1. The number of halogens is 1. The molecule has 0 spiro atoms. The summed E-state index contributed by atoms with van der Waals surface area (Å²) in [4.78, 5) is 0. The molecule has 0 radical (unpaired) electrons. The Hall–Kier alpha value is -1.75. The second kappa shape index (κ2) is 6.43. The SMILES string of the molecule is COc1cccc(OC)c1-c1nnc(CCCCl)o1. The maximum absolute atomic E-state index is 5.64. The number of hydrogen-bond donors (Lipinski definition) is 0. The van der Waals surface area contributed by atoms with Crippen molar-refractivity contribution in [1.29, 1.82) is 0 Å². The van der Waals surface area contributed by atoms with E-state index in [2.05, 4.69) is 10.2 Å². The molecule has 0 atom stereocenters. The summed E-state index contributed by atoms with van der Waals surface area (Å²) in [5.41, 5.74) is 0.664. The Kier molecular flexibility index (Phi) is 4.63. The lowest BCUT2D eigenvalue weighted by Gasteiger charge is -2.09. The molecule has 0 aliphatic heterocycles. The third-order valence-electron chi connectivity index (χ3n) is 2.63. The van der Waals surface area contributed by atoms with Gasteiger partial charge in [-0.15, -0.1) is 21.8 Å². The normalized spacial score (nSPS) is 10.5. The monoisotopic (exact) mass is 282 g/mol. The van der Waals surface area contributed by atoms with Crippen LogP contribution in [0.3, 0.4) is 0 Å². The van der Waals surface area contributed by atoms with Gasteiger partial charge in [-0.25, -0.2) is 0 Å². The van der Waals surface area contributed by atoms with E-state index in [9.17, 15) is 0 Å². The summed E-state index contributed by atoms with van der Waals surface area (Å²) in [5.74, 6) is 2.77. The topological polar surface area (TPSA) is 57.4 Å². The molecule has 2 rings (SSSR count). The molecule has 102 valence electrons. The highest BCUT2D eigenvalue weighted by Gasteiger charge is 2.18. The van der Waals surface area contributed by atoms with Gasteiger partial charge in [-0.3, -0.25) is 0 Å². The lowest BCUT2D eigenvalue weighted by molar-refractivity contribution is 0.393. The third-order valence-corrected chi connectivity index (χ3v) is 2.90. The summed E-state index contributed by atoms with van der Waals surface area (Å²) in [6, 6.07) is 5.48. The van der Waals surface area contributed by atoms with Crippen molar-refractivity contribution in [2.75, 3.05) is 20.1 Å². The summed E-state index contributed by atoms with van der Waals surface area (Å²) >= 11 is 5.64. The van der Waals surface area contributed by atoms with Crippen LogP contribution in [0.2, 0.25) is 0 Å². The molecule has 19 heavy (non-hydrogen) atoms. The Morgan fingerprint density at radius 3 is 2.42 bits per heavy atom. The minimum atomic E-state index is 0.388. The lowest BCUT2D eigenvalue weighted by atomic mass is 10.2. The van der Waals surface area contributed by atoms with Gasteiger partial charge < -0.3 is 13.9 Å². The highest BCUT2D eigenvalue weighted by Crippen LogP contribution is 2.37. The zero-order valence-electron chi connectivity index (χ0n) is 10.9. The van der Waals surface area contributed by atoms with E-state index >= 15 is 0 Å². The van der Waals surface area contributed by atoms with E-state index in [1.54, 1.807) is 14.2 Å². The molecule has 0 bridgehead atoms. The Bertz CT molecular complexity index is 520. The fourth-order valence-electron chi connectivity index (χ4n) is 1.74. The van der Waals surface area contributed by atoms with E-state index < -0.39 is 0 Å². The molecule has 0 saturated carbocycles. The predicted octanol–water partition coefficient (Wildman–Crippen LogP) is 2.93. The average Bonchev–Trinajstić information content (AvgIpc) is 2.92. The molecular weight excluding hydrogens is 268 g/mol. The van der Waals surface area contributed by atoms with Crippen LogP contribution in [0, 0.1) is 0 Å². The first-order valence-electron chi connectivity index (χ1n) is 5.90. The Morgan fingerprint density at radius 1 is 1.16 bits per heavy atom. The molecule has 0 unspecified atom stereocenters. The molecule has 0 aliphatic carbocycles. The van der Waals surface area contributed by atoms with Crippen LogP contribution < -0.4 is 9.47 Å². The Balaban J connectivity index is 2.37. The Morgan fingerprint density at radius 2 is 1.84 bits per heavy atom.